The summed E-state index contributed by atoms with van der Waals surface area (Å²) in [5, 5.41) is 5.50. The second kappa shape index (κ2) is 8.33. The lowest BCUT2D eigenvalue weighted by molar-refractivity contribution is -0.123. The van der Waals surface area contributed by atoms with Crippen molar-refractivity contribution in [3.63, 3.8) is 0 Å². The highest BCUT2D eigenvalue weighted by Crippen LogP contribution is 2.30. The van der Waals surface area contributed by atoms with Gasteiger partial charge in [0.05, 0.1) is 11.9 Å². The first-order chi connectivity index (χ1) is 10.7. The Balaban J connectivity index is 1.67. The van der Waals surface area contributed by atoms with Crippen molar-refractivity contribution < 1.29 is 19.1 Å². The number of aromatic nitrogens is 1. The van der Waals surface area contributed by atoms with Crippen molar-refractivity contribution in [3.05, 3.63) is 18.3 Å². The predicted octanol–water partition coefficient (Wildman–Crippen LogP) is 0.962. The Labute approximate surface area is 129 Å². The van der Waals surface area contributed by atoms with E-state index < -0.39 is 0 Å². The van der Waals surface area contributed by atoms with Crippen LogP contribution in [0.1, 0.15) is 19.3 Å². The summed E-state index contributed by atoms with van der Waals surface area (Å²) in [6.07, 6.45) is 4.20. The van der Waals surface area contributed by atoms with Crippen LogP contribution in [0.4, 0.5) is 5.69 Å². The van der Waals surface area contributed by atoms with Crippen LogP contribution < -0.4 is 15.4 Å². The molecular weight excluding hydrogens is 286 g/mol. The maximum atomic E-state index is 11.6. The molecule has 1 aromatic heterocycles. The molecule has 0 aromatic carbocycles. The van der Waals surface area contributed by atoms with Crippen LogP contribution in [0.5, 0.6) is 5.88 Å². The molecule has 1 aromatic rings. The lowest BCUT2D eigenvalue weighted by Gasteiger charge is -2.08. The third-order valence-electron chi connectivity index (χ3n) is 3.15. The van der Waals surface area contributed by atoms with Gasteiger partial charge in [-0.3, -0.25) is 9.59 Å². The maximum absolute atomic E-state index is 11.6. The molecule has 0 aliphatic heterocycles. The highest BCUT2D eigenvalue weighted by molar-refractivity contribution is 5.93. The number of ether oxygens (including phenoxy) is 2. The molecule has 2 N–H and O–H groups in total. The summed E-state index contributed by atoms with van der Waals surface area (Å²) in [7, 11) is 1.62. The number of amides is 2. The molecule has 1 aliphatic rings. The third kappa shape index (κ3) is 5.69. The van der Waals surface area contributed by atoms with Crippen molar-refractivity contribution in [2.75, 3.05) is 32.2 Å². The summed E-state index contributed by atoms with van der Waals surface area (Å²) in [6, 6.07) is 3.33. The van der Waals surface area contributed by atoms with E-state index in [1.165, 1.54) is 6.20 Å². The van der Waals surface area contributed by atoms with Crippen LogP contribution in [0.2, 0.25) is 0 Å². The van der Waals surface area contributed by atoms with E-state index in [4.69, 9.17) is 9.47 Å². The summed E-state index contributed by atoms with van der Waals surface area (Å²) in [5.74, 6) is 0.323. The minimum atomic E-state index is -0.205. The molecule has 1 aliphatic carbocycles. The van der Waals surface area contributed by atoms with Gasteiger partial charge >= 0.3 is 0 Å². The normalized spacial score (nSPS) is 13.5. The topological polar surface area (TPSA) is 89.5 Å². The SMILES string of the molecule is COCCCNC(=O)COc1ccc(NC(=O)C2CC2)cn1. The molecule has 0 atom stereocenters. The average Bonchev–Trinajstić information content (AvgIpc) is 3.36. The average molecular weight is 307 g/mol. The van der Waals surface area contributed by atoms with Crippen LogP contribution >= 0.6 is 0 Å². The monoisotopic (exact) mass is 307 g/mol. The number of carbonyl (C=O) groups is 2. The van der Waals surface area contributed by atoms with E-state index >= 15 is 0 Å². The summed E-state index contributed by atoms with van der Waals surface area (Å²) < 4.78 is 10.2. The van der Waals surface area contributed by atoms with E-state index in [-0.39, 0.29) is 24.3 Å². The van der Waals surface area contributed by atoms with Crippen molar-refractivity contribution in [1.82, 2.24) is 10.3 Å². The van der Waals surface area contributed by atoms with Gasteiger partial charge in [-0.1, -0.05) is 0 Å². The molecule has 7 nitrogen and oxygen atoms in total. The number of carbonyl (C=O) groups excluding carboxylic acids is 2. The number of methoxy groups -OCH3 is 1. The van der Waals surface area contributed by atoms with E-state index in [2.05, 4.69) is 15.6 Å². The fourth-order valence-corrected chi connectivity index (χ4v) is 1.76. The van der Waals surface area contributed by atoms with Crippen LogP contribution in [-0.4, -0.2) is 43.7 Å². The molecular formula is C15H21N3O4. The minimum absolute atomic E-state index is 0.0332. The Bertz CT molecular complexity index is 500. The van der Waals surface area contributed by atoms with Gasteiger partial charge in [0.15, 0.2) is 6.61 Å². The Morgan fingerprint density at radius 2 is 2.18 bits per heavy atom. The van der Waals surface area contributed by atoms with Crippen molar-refractivity contribution >= 4 is 17.5 Å². The van der Waals surface area contributed by atoms with Crippen LogP contribution in [-0.2, 0) is 14.3 Å². The van der Waals surface area contributed by atoms with Crippen molar-refractivity contribution in [2.24, 2.45) is 5.92 Å². The Morgan fingerprint density at radius 1 is 1.36 bits per heavy atom. The van der Waals surface area contributed by atoms with Crippen LogP contribution in [0.25, 0.3) is 0 Å². The summed E-state index contributed by atoms with van der Waals surface area (Å²) >= 11 is 0. The standard InChI is InChI=1S/C15H21N3O4/c1-21-8-2-7-16-13(19)10-22-14-6-5-12(9-17-14)18-15(20)11-3-4-11/h5-6,9,11H,2-4,7-8,10H2,1H3,(H,16,19)(H,18,20). The first kappa shape index (κ1) is 16.2. The molecule has 1 fully saturated rings. The van der Waals surface area contributed by atoms with E-state index in [0.29, 0.717) is 24.7 Å². The van der Waals surface area contributed by atoms with Gasteiger partial charge in [0.2, 0.25) is 11.8 Å². The van der Waals surface area contributed by atoms with Gasteiger partial charge in [-0.25, -0.2) is 4.98 Å². The van der Waals surface area contributed by atoms with Crippen molar-refractivity contribution in [2.45, 2.75) is 19.3 Å². The predicted molar refractivity (Wildman–Crippen MR) is 80.6 cm³/mol. The lowest BCUT2D eigenvalue weighted by atomic mass is 10.3. The zero-order chi connectivity index (χ0) is 15.8. The zero-order valence-electron chi connectivity index (χ0n) is 12.6. The number of anilines is 1. The molecule has 0 bridgehead atoms. The van der Waals surface area contributed by atoms with Crippen LogP contribution in [0.15, 0.2) is 18.3 Å². The second-order valence-electron chi connectivity index (χ2n) is 5.13. The van der Waals surface area contributed by atoms with Gasteiger partial charge < -0.3 is 20.1 Å². The van der Waals surface area contributed by atoms with E-state index in [1.54, 1.807) is 19.2 Å². The van der Waals surface area contributed by atoms with Crippen LogP contribution in [0, 0.1) is 5.92 Å². The fraction of sp³-hybridized carbons (Fsp3) is 0.533. The van der Waals surface area contributed by atoms with Gasteiger partial charge in [-0.15, -0.1) is 0 Å². The summed E-state index contributed by atoms with van der Waals surface area (Å²) in [4.78, 5) is 27.2. The number of hydrogen-bond donors (Lipinski definition) is 2. The zero-order valence-corrected chi connectivity index (χ0v) is 12.6. The maximum Gasteiger partial charge on any atom is 0.258 e. The largest absolute Gasteiger partial charge is 0.468 e. The van der Waals surface area contributed by atoms with Crippen LogP contribution in [0.3, 0.4) is 0 Å². The fourth-order valence-electron chi connectivity index (χ4n) is 1.76. The van der Waals surface area contributed by atoms with Gasteiger partial charge in [0.1, 0.15) is 0 Å². The van der Waals surface area contributed by atoms with Crippen molar-refractivity contribution in [3.8, 4) is 5.88 Å². The van der Waals surface area contributed by atoms with Gasteiger partial charge in [0, 0.05) is 32.2 Å². The smallest absolute Gasteiger partial charge is 0.258 e. The molecule has 0 radical (unpaired) electrons. The molecule has 1 saturated carbocycles. The molecule has 120 valence electrons. The van der Waals surface area contributed by atoms with Gasteiger partial charge in [-0.05, 0) is 25.3 Å². The number of hydrogen-bond acceptors (Lipinski definition) is 5. The summed E-state index contributed by atoms with van der Waals surface area (Å²) in [6.45, 7) is 1.07. The number of pyridine rings is 1. The van der Waals surface area contributed by atoms with Gasteiger partial charge in [0.25, 0.3) is 5.91 Å². The Kier molecular flexibility index (Phi) is 6.14. The Hall–Kier alpha value is -2.15. The first-order valence-electron chi connectivity index (χ1n) is 7.34. The minimum Gasteiger partial charge on any atom is -0.468 e. The molecule has 2 rings (SSSR count). The second-order valence-corrected chi connectivity index (χ2v) is 5.13. The summed E-state index contributed by atoms with van der Waals surface area (Å²) in [5.41, 5.74) is 0.633. The third-order valence-corrected chi connectivity index (χ3v) is 3.15. The number of nitrogens with one attached hydrogen (secondary N) is 2. The van der Waals surface area contributed by atoms with E-state index in [0.717, 1.165) is 19.3 Å². The highest BCUT2D eigenvalue weighted by Gasteiger charge is 2.29. The lowest BCUT2D eigenvalue weighted by Crippen LogP contribution is -2.30. The van der Waals surface area contributed by atoms with E-state index in [1.807, 2.05) is 0 Å². The first-order valence-corrected chi connectivity index (χ1v) is 7.34. The quantitative estimate of drug-likeness (QED) is 0.663. The molecule has 0 spiro atoms. The highest BCUT2D eigenvalue weighted by atomic mass is 16.5. The molecule has 2 amide bonds. The van der Waals surface area contributed by atoms with Gasteiger partial charge in [-0.2, -0.15) is 0 Å². The molecule has 0 unspecified atom stereocenters. The molecule has 22 heavy (non-hydrogen) atoms. The van der Waals surface area contributed by atoms with Crippen molar-refractivity contribution in [1.29, 1.82) is 0 Å². The van der Waals surface area contributed by atoms with E-state index in [9.17, 15) is 9.59 Å². The number of rotatable bonds is 9. The Morgan fingerprint density at radius 3 is 2.82 bits per heavy atom. The number of nitrogens with zero attached hydrogens (tertiary/aromatic N) is 1. The molecule has 0 saturated heterocycles. The molecule has 1 heterocycles. The molecule has 7 heteroatoms.